The summed E-state index contributed by atoms with van der Waals surface area (Å²) < 4.78 is 0. The molecule has 2 heteroatoms. The molecular weight excluding hydrogens is 268 g/mol. The van der Waals surface area contributed by atoms with Gasteiger partial charge in [0.05, 0.1) is 0 Å². The first-order chi connectivity index (χ1) is 10.9. The van der Waals surface area contributed by atoms with Crippen LogP contribution < -0.4 is 0 Å². The molecule has 22 heavy (non-hydrogen) atoms. The molecule has 0 N–H and O–H groups in total. The van der Waals surface area contributed by atoms with Crippen LogP contribution in [0, 0.1) is 0 Å². The summed E-state index contributed by atoms with van der Waals surface area (Å²) in [6.45, 7) is 8.00. The summed E-state index contributed by atoms with van der Waals surface area (Å²) in [6, 6.07) is 20.1. The van der Waals surface area contributed by atoms with Crippen LogP contribution in [0.5, 0.6) is 0 Å². The van der Waals surface area contributed by atoms with Crippen LogP contribution in [0.25, 0.3) is 22.5 Å². The zero-order valence-electron chi connectivity index (χ0n) is 13.8. The Bertz CT molecular complexity index is 558. The van der Waals surface area contributed by atoms with Crippen molar-refractivity contribution in [3.8, 4) is 22.5 Å². The number of aromatic nitrogens is 2. The van der Waals surface area contributed by atoms with E-state index in [-0.39, 0.29) is 0 Å². The minimum absolute atomic E-state index is 0.760. The van der Waals surface area contributed by atoms with Crippen molar-refractivity contribution in [1.82, 2.24) is 9.97 Å². The Morgan fingerprint density at radius 2 is 0.909 bits per heavy atom. The average molecular weight is 292 g/mol. The molecule has 114 valence electrons. The van der Waals surface area contributed by atoms with Crippen molar-refractivity contribution in [1.29, 1.82) is 0 Å². The molecule has 1 heterocycles. The molecule has 3 rings (SSSR count). The minimum atomic E-state index is 0.760. The maximum Gasteiger partial charge on any atom is 0.159 e. The monoisotopic (exact) mass is 292 g/mol. The second-order valence-corrected chi connectivity index (χ2v) is 4.03. The van der Waals surface area contributed by atoms with Gasteiger partial charge in [0.1, 0.15) is 0 Å². The maximum absolute atomic E-state index is 4.41. The molecular formula is C20H24N2. The molecule has 0 atom stereocenters. The van der Waals surface area contributed by atoms with Crippen molar-refractivity contribution >= 4 is 0 Å². The Balaban J connectivity index is 0.000000561. The van der Waals surface area contributed by atoms with E-state index >= 15 is 0 Å². The van der Waals surface area contributed by atoms with Gasteiger partial charge in [-0.05, 0) is 5.56 Å². The van der Waals surface area contributed by atoms with Crippen molar-refractivity contribution < 1.29 is 0 Å². The van der Waals surface area contributed by atoms with Crippen molar-refractivity contribution in [3.63, 3.8) is 0 Å². The van der Waals surface area contributed by atoms with E-state index in [0.29, 0.717) is 0 Å². The van der Waals surface area contributed by atoms with Gasteiger partial charge in [-0.15, -0.1) is 0 Å². The third-order valence-electron chi connectivity index (χ3n) is 2.79. The highest BCUT2D eigenvalue weighted by atomic mass is 14.9. The molecule has 0 fully saturated rings. The van der Waals surface area contributed by atoms with Crippen molar-refractivity contribution in [2.45, 2.75) is 27.7 Å². The third-order valence-corrected chi connectivity index (χ3v) is 2.79. The van der Waals surface area contributed by atoms with Gasteiger partial charge in [-0.3, -0.25) is 0 Å². The summed E-state index contributed by atoms with van der Waals surface area (Å²) in [5.41, 5.74) is 3.21. The van der Waals surface area contributed by atoms with Gasteiger partial charge in [-0.1, -0.05) is 88.4 Å². The summed E-state index contributed by atoms with van der Waals surface area (Å²) in [5, 5.41) is 0. The Morgan fingerprint density at radius 1 is 0.500 bits per heavy atom. The Hall–Kier alpha value is -2.48. The number of rotatable bonds is 2. The van der Waals surface area contributed by atoms with E-state index in [2.05, 4.69) is 22.1 Å². The molecule has 0 aliphatic heterocycles. The molecule has 0 saturated carbocycles. The number of nitrogens with zero attached hydrogens (tertiary/aromatic N) is 2. The molecule has 0 saturated heterocycles. The van der Waals surface area contributed by atoms with E-state index in [1.165, 1.54) is 0 Å². The Morgan fingerprint density at radius 3 is 1.36 bits per heavy atom. The first-order valence-corrected chi connectivity index (χ1v) is 7.86. The quantitative estimate of drug-likeness (QED) is 0.591. The molecule has 0 spiro atoms. The largest absolute Gasteiger partial charge is 0.236 e. The summed E-state index contributed by atoms with van der Waals surface area (Å²) >= 11 is 0. The van der Waals surface area contributed by atoms with E-state index in [1.54, 1.807) is 0 Å². The highest BCUT2D eigenvalue weighted by Crippen LogP contribution is 2.19. The topological polar surface area (TPSA) is 25.8 Å². The normalized spacial score (nSPS) is 8.91. The number of hydrogen-bond donors (Lipinski definition) is 0. The van der Waals surface area contributed by atoms with Crippen LogP contribution in [0.15, 0.2) is 73.1 Å². The van der Waals surface area contributed by atoms with Gasteiger partial charge in [0.2, 0.25) is 0 Å². The first-order valence-electron chi connectivity index (χ1n) is 7.86. The second-order valence-electron chi connectivity index (χ2n) is 4.03. The second kappa shape index (κ2) is 10.3. The van der Waals surface area contributed by atoms with Crippen LogP contribution >= 0.6 is 0 Å². The maximum atomic E-state index is 4.41. The van der Waals surface area contributed by atoms with Crippen molar-refractivity contribution in [2.24, 2.45) is 0 Å². The number of benzene rings is 2. The van der Waals surface area contributed by atoms with Gasteiger partial charge < -0.3 is 0 Å². The highest BCUT2D eigenvalue weighted by Gasteiger charge is 2.01. The van der Waals surface area contributed by atoms with Gasteiger partial charge in [-0.2, -0.15) is 0 Å². The highest BCUT2D eigenvalue weighted by molar-refractivity contribution is 5.63. The summed E-state index contributed by atoms with van der Waals surface area (Å²) in [7, 11) is 0. The van der Waals surface area contributed by atoms with Gasteiger partial charge in [0, 0.05) is 23.5 Å². The van der Waals surface area contributed by atoms with Crippen molar-refractivity contribution in [3.05, 3.63) is 73.1 Å². The molecule has 1 aromatic heterocycles. The average Bonchev–Trinajstić information content (AvgIpc) is 2.67. The predicted molar refractivity (Wildman–Crippen MR) is 95.6 cm³/mol. The molecule has 2 nitrogen and oxygen atoms in total. The van der Waals surface area contributed by atoms with Crippen LogP contribution in [0.4, 0.5) is 0 Å². The van der Waals surface area contributed by atoms with Gasteiger partial charge in [-0.25, -0.2) is 9.97 Å². The van der Waals surface area contributed by atoms with E-state index in [0.717, 1.165) is 22.5 Å². The fourth-order valence-electron chi connectivity index (χ4n) is 1.84. The third kappa shape index (κ3) is 4.81. The molecule has 0 aliphatic rings. The van der Waals surface area contributed by atoms with E-state index in [4.69, 9.17) is 0 Å². The van der Waals surface area contributed by atoms with E-state index in [1.807, 2.05) is 88.6 Å². The van der Waals surface area contributed by atoms with E-state index in [9.17, 15) is 0 Å². The summed E-state index contributed by atoms with van der Waals surface area (Å²) in [5.74, 6) is 0.760. The Kier molecular flexibility index (Phi) is 8.21. The van der Waals surface area contributed by atoms with Crippen molar-refractivity contribution in [2.75, 3.05) is 0 Å². The molecule has 3 aromatic rings. The first kappa shape index (κ1) is 17.6. The fraction of sp³-hybridized carbons (Fsp3) is 0.200. The molecule has 0 bridgehead atoms. The fourth-order valence-corrected chi connectivity index (χ4v) is 1.84. The standard InChI is InChI=1S/C16H12N2.2C2H6/c1-3-7-13(8-4-1)15-11-17-16(18-12-15)14-9-5-2-6-10-14;2*1-2/h1-12H;2*1-2H3. The minimum Gasteiger partial charge on any atom is -0.236 e. The zero-order valence-corrected chi connectivity index (χ0v) is 13.8. The lowest BCUT2D eigenvalue weighted by Gasteiger charge is -2.02. The molecule has 2 aromatic carbocycles. The Labute approximate surface area is 133 Å². The van der Waals surface area contributed by atoms with Crippen LogP contribution in [-0.4, -0.2) is 9.97 Å². The zero-order chi connectivity index (χ0) is 16.2. The van der Waals surface area contributed by atoms with Gasteiger partial charge in [0.25, 0.3) is 0 Å². The van der Waals surface area contributed by atoms with Crippen LogP contribution in [-0.2, 0) is 0 Å². The SMILES string of the molecule is CC.CC.c1ccc(-c2cnc(-c3ccccc3)nc2)cc1. The molecule has 0 amide bonds. The van der Waals surface area contributed by atoms with Crippen LogP contribution in [0.3, 0.4) is 0 Å². The van der Waals surface area contributed by atoms with Crippen LogP contribution in [0.2, 0.25) is 0 Å². The summed E-state index contributed by atoms with van der Waals surface area (Å²) in [4.78, 5) is 8.83. The lowest BCUT2D eigenvalue weighted by Crippen LogP contribution is -1.89. The van der Waals surface area contributed by atoms with Crippen LogP contribution in [0.1, 0.15) is 27.7 Å². The smallest absolute Gasteiger partial charge is 0.159 e. The van der Waals surface area contributed by atoms with Gasteiger partial charge in [0.15, 0.2) is 5.82 Å². The molecule has 0 radical (unpaired) electrons. The number of hydrogen-bond acceptors (Lipinski definition) is 2. The van der Waals surface area contributed by atoms with Gasteiger partial charge >= 0.3 is 0 Å². The molecule has 0 aliphatic carbocycles. The predicted octanol–water partition coefficient (Wildman–Crippen LogP) is 5.86. The summed E-state index contributed by atoms with van der Waals surface area (Å²) in [6.07, 6.45) is 3.73. The lowest BCUT2D eigenvalue weighted by molar-refractivity contribution is 1.18. The molecule has 0 unspecified atom stereocenters. The van der Waals surface area contributed by atoms with E-state index < -0.39 is 0 Å². The lowest BCUT2D eigenvalue weighted by atomic mass is 10.1.